The van der Waals surface area contributed by atoms with Gasteiger partial charge in [-0.15, -0.1) is 0 Å². The molecule has 26 heavy (non-hydrogen) atoms. The number of nitrogens with zero attached hydrogens (tertiary/aromatic N) is 3. The molecule has 5 nitrogen and oxygen atoms in total. The van der Waals surface area contributed by atoms with E-state index in [1.54, 1.807) is 0 Å². The van der Waals surface area contributed by atoms with Crippen LogP contribution >= 0.6 is 0 Å². The van der Waals surface area contributed by atoms with Gasteiger partial charge in [0.05, 0.1) is 0 Å². The molecule has 138 valence electrons. The average molecular weight is 353 g/mol. The molecule has 0 bridgehead atoms. The predicted molar refractivity (Wildman–Crippen MR) is 103 cm³/mol. The molecular formula is C21H27N3O2. The Morgan fingerprint density at radius 2 is 1.88 bits per heavy atom. The van der Waals surface area contributed by atoms with Crippen LogP contribution in [0.2, 0.25) is 0 Å². The minimum Gasteiger partial charge on any atom is -0.491 e. The fourth-order valence-corrected chi connectivity index (χ4v) is 3.88. The van der Waals surface area contributed by atoms with Gasteiger partial charge in [-0.05, 0) is 54.7 Å². The molecule has 1 atom stereocenters. The Labute approximate surface area is 155 Å². The molecule has 0 unspecified atom stereocenters. The van der Waals surface area contributed by atoms with Crippen LogP contribution in [-0.4, -0.2) is 60.4 Å². The summed E-state index contributed by atoms with van der Waals surface area (Å²) in [6, 6.07) is 12.4. The molecule has 1 saturated heterocycles. The molecule has 1 aliphatic carbocycles. The number of aliphatic hydroxyl groups is 1. The first-order valence-electron chi connectivity index (χ1n) is 9.59. The van der Waals surface area contributed by atoms with Crippen molar-refractivity contribution in [2.45, 2.75) is 25.4 Å². The highest BCUT2D eigenvalue weighted by atomic mass is 16.5. The van der Waals surface area contributed by atoms with E-state index in [0.717, 1.165) is 44.2 Å². The van der Waals surface area contributed by atoms with Crippen LogP contribution in [0.4, 0.5) is 5.82 Å². The van der Waals surface area contributed by atoms with E-state index in [0.29, 0.717) is 13.2 Å². The molecular weight excluding hydrogens is 326 g/mol. The Hall–Kier alpha value is -2.11. The minimum atomic E-state index is -0.468. The Morgan fingerprint density at radius 1 is 1.04 bits per heavy atom. The third-order valence-corrected chi connectivity index (χ3v) is 5.33. The van der Waals surface area contributed by atoms with Crippen LogP contribution < -0.4 is 9.64 Å². The maximum atomic E-state index is 10.3. The lowest BCUT2D eigenvalue weighted by molar-refractivity contribution is 0.0662. The lowest BCUT2D eigenvalue weighted by Gasteiger charge is -2.36. The fourth-order valence-electron chi connectivity index (χ4n) is 3.88. The van der Waals surface area contributed by atoms with E-state index >= 15 is 0 Å². The van der Waals surface area contributed by atoms with Crippen LogP contribution in [0.3, 0.4) is 0 Å². The first-order valence-corrected chi connectivity index (χ1v) is 9.59. The number of aromatic nitrogens is 1. The summed E-state index contributed by atoms with van der Waals surface area (Å²) in [5.41, 5.74) is 2.85. The second-order valence-corrected chi connectivity index (χ2v) is 7.22. The first-order chi connectivity index (χ1) is 12.8. The van der Waals surface area contributed by atoms with Crippen molar-refractivity contribution in [3.63, 3.8) is 0 Å². The molecule has 2 aliphatic rings. The monoisotopic (exact) mass is 353 g/mol. The summed E-state index contributed by atoms with van der Waals surface area (Å²) >= 11 is 0. The molecule has 1 aliphatic heterocycles. The van der Waals surface area contributed by atoms with Crippen LogP contribution in [0, 0.1) is 0 Å². The van der Waals surface area contributed by atoms with Gasteiger partial charge in [0.2, 0.25) is 0 Å². The van der Waals surface area contributed by atoms with Gasteiger partial charge in [-0.3, -0.25) is 4.90 Å². The van der Waals surface area contributed by atoms with Gasteiger partial charge >= 0.3 is 0 Å². The molecule has 4 rings (SSSR count). The third-order valence-electron chi connectivity index (χ3n) is 5.33. The van der Waals surface area contributed by atoms with Gasteiger partial charge in [-0.1, -0.05) is 12.1 Å². The maximum Gasteiger partial charge on any atom is 0.128 e. The summed E-state index contributed by atoms with van der Waals surface area (Å²) in [6.45, 7) is 4.75. The van der Waals surface area contributed by atoms with E-state index in [4.69, 9.17) is 4.74 Å². The van der Waals surface area contributed by atoms with Crippen molar-refractivity contribution in [2.75, 3.05) is 44.2 Å². The molecule has 0 spiro atoms. The van der Waals surface area contributed by atoms with E-state index in [9.17, 15) is 5.11 Å². The number of hydrogen-bond donors (Lipinski definition) is 1. The van der Waals surface area contributed by atoms with E-state index in [2.05, 4.69) is 33.0 Å². The Morgan fingerprint density at radius 3 is 2.69 bits per heavy atom. The van der Waals surface area contributed by atoms with E-state index in [1.165, 1.54) is 24.0 Å². The van der Waals surface area contributed by atoms with Crippen LogP contribution in [-0.2, 0) is 12.8 Å². The van der Waals surface area contributed by atoms with Gasteiger partial charge in [0.1, 0.15) is 24.3 Å². The van der Waals surface area contributed by atoms with Crippen LogP contribution in [0.5, 0.6) is 5.75 Å². The smallest absolute Gasteiger partial charge is 0.128 e. The van der Waals surface area contributed by atoms with E-state index < -0.39 is 6.10 Å². The van der Waals surface area contributed by atoms with Gasteiger partial charge in [-0.25, -0.2) is 4.98 Å². The van der Waals surface area contributed by atoms with Gasteiger partial charge < -0.3 is 14.7 Å². The highest BCUT2D eigenvalue weighted by Gasteiger charge is 2.20. The topological polar surface area (TPSA) is 48.8 Å². The van der Waals surface area contributed by atoms with E-state index in [-0.39, 0.29) is 0 Å². The number of aliphatic hydroxyl groups excluding tert-OH is 1. The zero-order valence-corrected chi connectivity index (χ0v) is 15.2. The average Bonchev–Trinajstić information content (AvgIpc) is 3.15. The summed E-state index contributed by atoms with van der Waals surface area (Å²) in [5, 5.41) is 10.3. The number of pyridine rings is 1. The van der Waals surface area contributed by atoms with Crippen LogP contribution in [0.1, 0.15) is 17.5 Å². The SMILES string of the molecule is O[C@@H](COc1ccc2c(c1)CCC2)CN1CCN(c2ccccn2)CC1. The lowest BCUT2D eigenvalue weighted by Crippen LogP contribution is -2.49. The second kappa shape index (κ2) is 8.06. The van der Waals surface area contributed by atoms with Gasteiger partial charge in [0.25, 0.3) is 0 Å². The molecule has 0 radical (unpaired) electrons. The standard InChI is InChI=1S/C21H27N3O2/c25-19(16-26-20-8-7-17-4-3-5-18(17)14-20)15-23-10-12-24(13-11-23)21-6-1-2-9-22-21/h1-2,6-9,14,19,25H,3-5,10-13,15-16H2/t19-/m1/s1. The van der Waals surface area contributed by atoms with Crippen molar-refractivity contribution in [3.05, 3.63) is 53.7 Å². The Kier molecular flexibility index (Phi) is 5.37. The van der Waals surface area contributed by atoms with Crippen molar-refractivity contribution in [3.8, 4) is 5.75 Å². The van der Waals surface area contributed by atoms with E-state index in [1.807, 2.05) is 24.4 Å². The highest BCUT2D eigenvalue weighted by Crippen LogP contribution is 2.26. The number of anilines is 1. The summed E-state index contributed by atoms with van der Waals surface area (Å²) in [6.07, 6.45) is 4.94. The number of piperazine rings is 1. The summed E-state index contributed by atoms with van der Waals surface area (Å²) in [7, 11) is 0. The van der Waals surface area contributed by atoms with Crippen LogP contribution in [0.25, 0.3) is 0 Å². The van der Waals surface area contributed by atoms with Crippen molar-refractivity contribution >= 4 is 5.82 Å². The number of hydrogen-bond acceptors (Lipinski definition) is 5. The number of rotatable bonds is 6. The van der Waals surface area contributed by atoms with Gasteiger partial charge in [0.15, 0.2) is 0 Å². The first kappa shape index (κ1) is 17.3. The predicted octanol–water partition coefficient (Wildman–Crippen LogP) is 2.13. The number of β-amino-alcohol motifs (C(OH)–C–C–N with tert-alkyl or cyclic N) is 1. The quantitative estimate of drug-likeness (QED) is 0.862. The van der Waals surface area contributed by atoms with Crippen molar-refractivity contribution in [2.24, 2.45) is 0 Å². The summed E-state index contributed by atoms with van der Waals surface area (Å²) in [5.74, 6) is 1.91. The molecule has 5 heteroatoms. The second-order valence-electron chi connectivity index (χ2n) is 7.22. The molecule has 1 aromatic carbocycles. The Bertz CT molecular complexity index is 714. The van der Waals surface area contributed by atoms with Crippen LogP contribution in [0.15, 0.2) is 42.6 Å². The summed E-state index contributed by atoms with van der Waals surface area (Å²) in [4.78, 5) is 9.01. The zero-order chi connectivity index (χ0) is 17.8. The van der Waals surface area contributed by atoms with Gasteiger partial charge in [0, 0.05) is 38.9 Å². The molecule has 1 aromatic heterocycles. The van der Waals surface area contributed by atoms with Crippen molar-refractivity contribution in [1.29, 1.82) is 0 Å². The molecule has 0 saturated carbocycles. The summed E-state index contributed by atoms with van der Waals surface area (Å²) < 4.78 is 5.83. The molecule has 0 amide bonds. The number of aryl methyl sites for hydroxylation is 2. The minimum absolute atomic E-state index is 0.346. The normalized spacial score (nSPS) is 18.6. The maximum absolute atomic E-state index is 10.3. The lowest BCUT2D eigenvalue weighted by atomic mass is 10.1. The van der Waals surface area contributed by atoms with Crippen molar-refractivity contribution in [1.82, 2.24) is 9.88 Å². The number of benzene rings is 1. The third kappa shape index (κ3) is 4.17. The highest BCUT2D eigenvalue weighted by molar-refractivity contribution is 5.39. The molecule has 2 heterocycles. The van der Waals surface area contributed by atoms with Crippen molar-refractivity contribution < 1.29 is 9.84 Å². The molecule has 1 fully saturated rings. The number of fused-ring (bicyclic) bond motifs is 1. The largest absolute Gasteiger partial charge is 0.491 e. The zero-order valence-electron chi connectivity index (χ0n) is 15.2. The molecule has 1 N–H and O–H groups in total. The fraction of sp³-hybridized carbons (Fsp3) is 0.476. The molecule has 2 aromatic rings. The van der Waals surface area contributed by atoms with Gasteiger partial charge in [-0.2, -0.15) is 0 Å². The Balaban J connectivity index is 1.21. The number of ether oxygens (including phenoxy) is 1.